The Morgan fingerprint density at radius 1 is 1.10 bits per heavy atom. The predicted octanol–water partition coefficient (Wildman–Crippen LogP) is 2.93. The molecule has 0 spiro atoms. The van der Waals surface area contributed by atoms with Gasteiger partial charge in [-0.15, -0.1) is 0 Å². The van der Waals surface area contributed by atoms with E-state index in [4.69, 9.17) is 14.3 Å². The summed E-state index contributed by atoms with van der Waals surface area (Å²) in [4.78, 5) is 32.5. The number of methoxy groups -OCH3 is 2. The Balaban J connectivity index is 1.64. The van der Waals surface area contributed by atoms with Crippen LogP contribution in [-0.2, 0) is 27.6 Å². The molecule has 2 aromatic carbocycles. The van der Waals surface area contributed by atoms with Crippen LogP contribution in [0.4, 0.5) is 0 Å². The zero-order valence-corrected chi connectivity index (χ0v) is 17.8. The standard InChI is InChI=1S/C23H28N2O5/c1-15(2)21-20(22(26)24-30-14-16-8-6-5-7-9-16)23(27)25(21)13-17-10-11-18(28-3)12-19(17)29-4/h5-12,15,20-21H,13-14H2,1-4H3,(H,24,26). The molecule has 2 aromatic rings. The van der Waals surface area contributed by atoms with Gasteiger partial charge in [-0.25, -0.2) is 5.48 Å². The van der Waals surface area contributed by atoms with Gasteiger partial charge < -0.3 is 14.4 Å². The van der Waals surface area contributed by atoms with Gasteiger partial charge in [0, 0.05) is 18.2 Å². The van der Waals surface area contributed by atoms with Crippen molar-refractivity contribution in [2.45, 2.75) is 33.0 Å². The van der Waals surface area contributed by atoms with Crippen molar-refractivity contribution in [3.05, 3.63) is 59.7 Å². The molecule has 7 heteroatoms. The quantitative estimate of drug-likeness (QED) is 0.389. The molecule has 160 valence electrons. The predicted molar refractivity (Wildman–Crippen MR) is 112 cm³/mol. The van der Waals surface area contributed by atoms with Crippen LogP contribution in [-0.4, -0.2) is 37.0 Å². The van der Waals surface area contributed by atoms with Crippen molar-refractivity contribution >= 4 is 11.8 Å². The summed E-state index contributed by atoms with van der Waals surface area (Å²) in [7, 11) is 3.17. The summed E-state index contributed by atoms with van der Waals surface area (Å²) in [5.41, 5.74) is 4.24. The second-order valence-corrected chi connectivity index (χ2v) is 7.60. The second kappa shape index (κ2) is 9.63. The average molecular weight is 412 g/mol. The van der Waals surface area contributed by atoms with E-state index >= 15 is 0 Å². The summed E-state index contributed by atoms with van der Waals surface area (Å²) in [6, 6.07) is 14.8. The van der Waals surface area contributed by atoms with Crippen LogP contribution in [0.25, 0.3) is 0 Å². The molecule has 2 amide bonds. The number of nitrogens with one attached hydrogen (secondary N) is 1. The monoisotopic (exact) mass is 412 g/mol. The van der Waals surface area contributed by atoms with Crippen LogP contribution in [0.3, 0.4) is 0 Å². The van der Waals surface area contributed by atoms with Crippen molar-refractivity contribution in [3.8, 4) is 11.5 Å². The molecule has 2 unspecified atom stereocenters. The Hall–Kier alpha value is -3.06. The van der Waals surface area contributed by atoms with Gasteiger partial charge in [-0.05, 0) is 23.6 Å². The molecule has 7 nitrogen and oxygen atoms in total. The highest BCUT2D eigenvalue weighted by Crippen LogP contribution is 2.36. The third kappa shape index (κ3) is 4.57. The molecule has 0 bridgehead atoms. The van der Waals surface area contributed by atoms with Crippen LogP contribution < -0.4 is 15.0 Å². The van der Waals surface area contributed by atoms with Gasteiger partial charge in [0.05, 0.1) is 26.9 Å². The van der Waals surface area contributed by atoms with Crippen LogP contribution in [0.1, 0.15) is 25.0 Å². The van der Waals surface area contributed by atoms with E-state index in [1.54, 1.807) is 25.2 Å². The Morgan fingerprint density at radius 3 is 2.47 bits per heavy atom. The minimum Gasteiger partial charge on any atom is -0.497 e. The Morgan fingerprint density at radius 2 is 1.83 bits per heavy atom. The van der Waals surface area contributed by atoms with Gasteiger partial charge in [-0.2, -0.15) is 0 Å². The number of nitrogens with zero attached hydrogens (tertiary/aromatic N) is 1. The minimum atomic E-state index is -0.759. The summed E-state index contributed by atoms with van der Waals surface area (Å²) in [6.07, 6.45) is 0. The maximum Gasteiger partial charge on any atom is 0.258 e. The Kier molecular flexibility index (Phi) is 6.95. The molecule has 2 atom stereocenters. The highest BCUT2D eigenvalue weighted by atomic mass is 16.6. The molecule has 0 radical (unpaired) electrons. The van der Waals surface area contributed by atoms with Crippen molar-refractivity contribution in [3.63, 3.8) is 0 Å². The highest BCUT2D eigenvalue weighted by Gasteiger charge is 2.52. The largest absolute Gasteiger partial charge is 0.497 e. The molecule has 3 rings (SSSR count). The van der Waals surface area contributed by atoms with E-state index in [2.05, 4.69) is 5.48 Å². The molecule has 0 aromatic heterocycles. The molecule has 1 aliphatic rings. The number of carbonyl (C=O) groups is 2. The molecule has 1 saturated heterocycles. The van der Waals surface area contributed by atoms with E-state index in [1.807, 2.05) is 56.3 Å². The summed E-state index contributed by atoms with van der Waals surface area (Å²) in [5, 5.41) is 0. The fourth-order valence-corrected chi connectivity index (χ4v) is 3.76. The lowest BCUT2D eigenvalue weighted by Gasteiger charge is -2.48. The van der Waals surface area contributed by atoms with Crippen molar-refractivity contribution in [2.75, 3.05) is 14.2 Å². The Labute approximate surface area is 176 Å². The molecule has 0 aliphatic carbocycles. The number of amides is 2. The van der Waals surface area contributed by atoms with E-state index in [0.29, 0.717) is 18.0 Å². The molecule has 1 heterocycles. The van der Waals surface area contributed by atoms with Crippen molar-refractivity contribution in [1.29, 1.82) is 0 Å². The first-order valence-electron chi connectivity index (χ1n) is 9.93. The number of hydrogen-bond acceptors (Lipinski definition) is 5. The zero-order valence-electron chi connectivity index (χ0n) is 17.8. The molecule has 0 saturated carbocycles. The van der Waals surface area contributed by atoms with E-state index in [-0.39, 0.29) is 24.5 Å². The Bertz CT molecular complexity index is 884. The van der Waals surface area contributed by atoms with Gasteiger partial charge >= 0.3 is 0 Å². The number of hydroxylamine groups is 1. The first-order chi connectivity index (χ1) is 14.5. The van der Waals surface area contributed by atoms with Gasteiger partial charge in [0.15, 0.2) is 0 Å². The maximum absolute atomic E-state index is 12.8. The van der Waals surface area contributed by atoms with E-state index in [9.17, 15) is 9.59 Å². The van der Waals surface area contributed by atoms with Gasteiger partial charge in [0.2, 0.25) is 5.91 Å². The van der Waals surface area contributed by atoms with Crippen LogP contribution in [0.5, 0.6) is 11.5 Å². The number of carbonyl (C=O) groups excluding carboxylic acids is 2. The number of β-lactam (4-membered cyclic amide) rings is 1. The van der Waals surface area contributed by atoms with Gasteiger partial charge in [-0.1, -0.05) is 44.2 Å². The van der Waals surface area contributed by atoms with Crippen molar-refractivity contribution in [2.24, 2.45) is 11.8 Å². The van der Waals surface area contributed by atoms with E-state index in [0.717, 1.165) is 11.1 Å². The third-order valence-corrected chi connectivity index (χ3v) is 5.31. The number of hydrogen-bond donors (Lipinski definition) is 1. The summed E-state index contributed by atoms with van der Waals surface area (Å²) in [6.45, 7) is 4.61. The highest BCUT2D eigenvalue weighted by molar-refractivity contribution is 6.05. The third-order valence-electron chi connectivity index (χ3n) is 5.31. The fraction of sp³-hybridized carbons (Fsp3) is 0.391. The van der Waals surface area contributed by atoms with Crippen LogP contribution >= 0.6 is 0 Å². The zero-order chi connectivity index (χ0) is 21.7. The first kappa shape index (κ1) is 21.6. The topological polar surface area (TPSA) is 77.1 Å². The number of rotatable bonds is 9. The summed E-state index contributed by atoms with van der Waals surface area (Å²) >= 11 is 0. The lowest BCUT2D eigenvalue weighted by atomic mass is 9.79. The molecular weight excluding hydrogens is 384 g/mol. The average Bonchev–Trinajstić information content (AvgIpc) is 2.75. The number of benzene rings is 2. The summed E-state index contributed by atoms with van der Waals surface area (Å²) < 4.78 is 10.7. The lowest BCUT2D eigenvalue weighted by Crippen LogP contribution is -2.66. The van der Waals surface area contributed by atoms with Crippen LogP contribution in [0.15, 0.2) is 48.5 Å². The van der Waals surface area contributed by atoms with Crippen molar-refractivity contribution < 1.29 is 23.9 Å². The molecule has 1 N–H and O–H groups in total. The minimum absolute atomic E-state index is 0.108. The van der Waals surface area contributed by atoms with E-state index < -0.39 is 11.8 Å². The summed E-state index contributed by atoms with van der Waals surface area (Å²) in [5.74, 6) is 0.0457. The number of ether oxygens (including phenoxy) is 2. The normalized spacial score (nSPS) is 18.2. The lowest BCUT2D eigenvalue weighted by molar-refractivity contribution is -0.171. The van der Waals surface area contributed by atoms with Gasteiger partial charge in [0.1, 0.15) is 17.4 Å². The maximum atomic E-state index is 12.8. The fourth-order valence-electron chi connectivity index (χ4n) is 3.76. The molecular formula is C23H28N2O5. The molecule has 1 aliphatic heterocycles. The number of likely N-dealkylation sites (tertiary alicyclic amines) is 1. The second-order valence-electron chi connectivity index (χ2n) is 7.60. The van der Waals surface area contributed by atoms with Gasteiger partial charge in [-0.3, -0.25) is 14.4 Å². The van der Waals surface area contributed by atoms with Crippen molar-refractivity contribution in [1.82, 2.24) is 10.4 Å². The molecule has 1 fully saturated rings. The van der Waals surface area contributed by atoms with Crippen LogP contribution in [0.2, 0.25) is 0 Å². The smallest absolute Gasteiger partial charge is 0.258 e. The SMILES string of the molecule is COc1ccc(CN2C(=O)C(C(=O)NOCc3ccccc3)C2C(C)C)c(OC)c1. The first-order valence-corrected chi connectivity index (χ1v) is 9.93. The van der Waals surface area contributed by atoms with Crippen LogP contribution in [0, 0.1) is 11.8 Å². The molecule has 30 heavy (non-hydrogen) atoms. The van der Waals surface area contributed by atoms with E-state index in [1.165, 1.54) is 0 Å². The van der Waals surface area contributed by atoms with Gasteiger partial charge in [0.25, 0.3) is 5.91 Å².